The lowest BCUT2D eigenvalue weighted by molar-refractivity contribution is -0.160. The van der Waals surface area contributed by atoms with Gasteiger partial charge in [0.1, 0.15) is 11.6 Å². The zero-order valence-electron chi connectivity index (χ0n) is 12.0. The summed E-state index contributed by atoms with van der Waals surface area (Å²) in [6, 6.07) is 4.19. The fourth-order valence-corrected chi connectivity index (χ4v) is 3.14. The van der Waals surface area contributed by atoms with E-state index in [0.717, 1.165) is 32.4 Å². The molecule has 1 aliphatic rings. The van der Waals surface area contributed by atoms with E-state index in [1.807, 2.05) is 20.8 Å². The van der Waals surface area contributed by atoms with Crippen LogP contribution in [-0.4, -0.2) is 35.6 Å². The van der Waals surface area contributed by atoms with E-state index in [4.69, 9.17) is 4.74 Å². The lowest BCUT2D eigenvalue weighted by Gasteiger charge is -2.27. The Morgan fingerprint density at radius 1 is 1.53 bits per heavy atom. The van der Waals surface area contributed by atoms with Gasteiger partial charge in [-0.1, -0.05) is 6.07 Å². The molecule has 2 heterocycles. The van der Waals surface area contributed by atoms with E-state index in [1.54, 1.807) is 11.3 Å². The molecule has 3 nitrogen and oxygen atoms in total. The molecule has 0 unspecified atom stereocenters. The molecule has 0 aliphatic carbocycles. The van der Waals surface area contributed by atoms with E-state index in [9.17, 15) is 4.79 Å². The molecule has 1 atom stereocenters. The first kappa shape index (κ1) is 14.5. The molecule has 0 aromatic carbocycles. The fraction of sp³-hybridized carbons (Fsp3) is 0.667. The van der Waals surface area contributed by atoms with Crippen molar-refractivity contribution >= 4 is 17.3 Å². The van der Waals surface area contributed by atoms with Gasteiger partial charge in [-0.2, -0.15) is 0 Å². The first-order chi connectivity index (χ1) is 8.96. The number of nitrogens with zero attached hydrogens (tertiary/aromatic N) is 1. The van der Waals surface area contributed by atoms with Crippen LogP contribution in [-0.2, 0) is 16.0 Å². The summed E-state index contributed by atoms with van der Waals surface area (Å²) in [6.45, 7) is 7.74. The molecule has 0 radical (unpaired) electrons. The lowest BCUT2D eigenvalue weighted by Crippen LogP contribution is -2.41. The summed E-state index contributed by atoms with van der Waals surface area (Å²) in [5.41, 5.74) is -0.390. The van der Waals surface area contributed by atoms with E-state index in [1.165, 1.54) is 4.88 Å². The van der Waals surface area contributed by atoms with E-state index in [0.29, 0.717) is 0 Å². The third-order valence-corrected chi connectivity index (χ3v) is 4.20. The first-order valence-electron chi connectivity index (χ1n) is 6.95. The summed E-state index contributed by atoms with van der Waals surface area (Å²) in [4.78, 5) is 15.8. The van der Waals surface area contributed by atoms with Gasteiger partial charge in [-0.25, -0.2) is 0 Å². The second-order valence-corrected chi connectivity index (χ2v) is 7.09. The van der Waals surface area contributed by atoms with Crippen molar-refractivity contribution in [3.8, 4) is 0 Å². The minimum Gasteiger partial charge on any atom is -0.459 e. The van der Waals surface area contributed by atoms with E-state index < -0.39 is 0 Å². The third-order valence-electron chi connectivity index (χ3n) is 3.27. The van der Waals surface area contributed by atoms with Gasteiger partial charge in [0.25, 0.3) is 0 Å². The van der Waals surface area contributed by atoms with Crippen LogP contribution in [0.4, 0.5) is 0 Å². The Hall–Kier alpha value is -0.870. The van der Waals surface area contributed by atoms with Crippen LogP contribution in [0.2, 0.25) is 0 Å². The predicted molar refractivity (Wildman–Crippen MR) is 78.5 cm³/mol. The highest BCUT2D eigenvalue weighted by molar-refractivity contribution is 7.09. The molecule has 1 saturated heterocycles. The molecule has 1 aromatic heterocycles. The van der Waals surface area contributed by atoms with Gasteiger partial charge in [0.2, 0.25) is 0 Å². The molecule has 1 aromatic rings. The molecule has 19 heavy (non-hydrogen) atoms. The van der Waals surface area contributed by atoms with Gasteiger partial charge in [-0.05, 0) is 58.0 Å². The summed E-state index contributed by atoms with van der Waals surface area (Å²) in [5.74, 6) is -0.0591. The van der Waals surface area contributed by atoms with Crippen LogP contribution in [0, 0.1) is 0 Å². The van der Waals surface area contributed by atoms with Gasteiger partial charge < -0.3 is 4.74 Å². The Bertz CT molecular complexity index is 408. The molecular weight excluding hydrogens is 258 g/mol. The summed E-state index contributed by atoms with van der Waals surface area (Å²) in [7, 11) is 0. The van der Waals surface area contributed by atoms with Crippen molar-refractivity contribution in [2.75, 3.05) is 13.1 Å². The van der Waals surface area contributed by atoms with E-state index in [2.05, 4.69) is 22.4 Å². The number of esters is 1. The second kappa shape index (κ2) is 6.06. The highest BCUT2D eigenvalue weighted by Gasteiger charge is 2.33. The van der Waals surface area contributed by atoms with Crippen LogP contribution in [0.25, 0.3) is 0 Å². The minimum atomic E-state index is -0.390. The SMILES string of the molecule is CC(C)(C)OC(=O)[C@H]1CCCN1CCc1cccs1. The smallest absolute Gasteiger partial charge is 0.323 e. The molecule has 106 valence electrons. The number of carbonyl (C=O) groups excluding carboxylic acids is 1. The molecule has 1 fully saturated rings. The molecule has 0 amide bonds. The van der Waals surface area contributed by atoms with E-state index in [-0.39, 0.29) is 17.6 Å². The Balaban J connectivity index is 1.87. The van der Waals surface area contributed by atoms with Gasteiger partial charge in [0.15, 0.2) is 0 Å². The maximum Gasteiger partial charge on any atom is 0.323 e. The van der Waals surface area contributed by atoms with Gasteiger partial charge in [-0.15, -0.1) is 11.3 Å². The largest absolute Gasteiger partial charge is 0.459 e. The zero-order valence-corrected chi connectivity index (χ0v) is 12.8. The monoisotopic (exact) mass is 281 g/mol. The number of thiophene rings is 1. The van der Waals surface area contributed by atoms with Crippen LogP contribution in [0.15, 0.2) is 17.5 Å². The highest BCUT2D eigenvalue weighted by atomic mass is 32.1. The van der Waals surface area contributed by atoms with Gasteiger partial charge in [-0.3, -0.25) is 9.69 Å². The van der Waals surface area contributed by atoms with Crippen molar-refractivity contribution in [1.29, 1.82) is 0 Å². The zero-order chi connectivity index (χ0) is 13.9. The van der Waals surface area contributed by atoms with Crippen LogP contribution in [0.5, 0.6) is 0 Å². The maximum absolute atomic E-state index is 12.2. The molecule has 2 rings (SSSR count). The molecule has 0 spiro atoms. The molecule has 0 bridgehead atoms. The van der Waals surface area contributed by atoms with E-state index >= 15 is 0 Å². The third kappa shape index (κ3) is 4.32. The van der Waals surface area contributed by atoms with Crippen molar-refractivity contribution in [3.63, 3.8) is 0 Å². The second-order valence-electron chi connectivity index (χ2n) is 6.06. The summed E-state index contributed by atoms with van der Waals surface area (Å²) < 4.78 is 5.51. The fourth-order valence-electron chi connectivity index (χ4n) is 2.44. The molecule has 0 N–H and O–H groups in total. The number of likely N-dealkylation sites (tertiary alicyclic amines) is 1. The van der Waals surface area contributed by atoms with Gasteiger partial charge in [0, 0.05) is 11.4 Å². The number of rotatable bonds is 4. The van der Waals surface area contributed by atoms with Gasteiger partial charge in [0.05, 0.1) is 0 Å². The summed E-state index contributed by atoms with van der Waals surface area (Å²) in [6.07, 6.45) is 3.05. The molecule has 4 heteroatoms. The summed E-state index contributed by atoms with van der Waals surface area (Å²) in [5, 5.41) is 2.10. The summed E-state index contributed by atoms with van der Waals surface area (Å²) >= 11 is 1.78. The van der Waals surface area contributed by atoms with Crippen molar-refractivity contribution in [2.24, 2.45) is 0 Å². The average molecular weight is 281 g/mol. The van der Waals surface area contributed by atoms with Crippen LogP contribution in [0.3, 0.4) is 0 Å². The normalized spacial score (nSPS) is 20.7. The Labute approximate surface area is 119 Å². The predicted octanol–water partition coefficient (Wildman–Crippen LogP) is 3.10. The highest BCUT2D eigenvalue weighted by Crippen LogP contribution is 2.22. The number of hydrogen-bond acceptors (Lipinski definition) is 4. The number of carbonyl (C=O) groups is 1. The van der Waals surface area contributed by atoms with Crippen molar-refractivity contribution in [1.82, 2.24) is 4.90 Å². The minimum absolute atomic E-state index is 0.0424. The van der Waals surface area contributed by atoms with Crippen molar-refractivity contribution in [3.05, 3.63) is 22.4 Å². The quantitative estimate of drug-likeness (QED) is 0.794. The number of ether oxygens (including phenoxy) is 1. The molecule has 1 aliphatic heterocycles. The van der Waals surface area contributed by atoms with Gasteiger partial charge >= 0.3 is 5.97 Å². The average Bonchev–Trinajstić information content (AvgIpc) is 2.95. The Kier molecular flexibility index (Phi) is 4.63. The Morgan fingerprint density at radius 3 is 2.95 bits per heavy atom. The molecule has 0 saturated carbocycles. The van der Waals surface area contributed by atoms with Crippen molar-refractivity contribution in [2.45, 2.75) is 51.7 Å². The van der Waals surface area contributed by atoms with Crippen LogP contribution < -0.4 is 0 Å². The van der Waals surface area contributed by atoms with Crippen LogP contribution >= 0.6 is 11.3 Å². The standard InChI is InChI=1S/C15H23NO2S/c1-15(2,3)18-14(17)13-7-4-9-16(13)10-8-12-6-5-11-19-12/h5-6,11,13H,4,7-10H2,1-3H3/t13-/m1/s1. The van der Waals surface area contributed by atoms with Crippen LogP contribution in [0.1, 0.15) is 38.5 Å². The maximum atomic E-state index is 12.2. The Morgan fingerprint density at radius 2 is 2.32 bits per heavy atom. The first-order valence-corrected chi connectivity index (χ1v) is 7.83. The number of hydrogen-bond donors (Lipinski definition) is 0. The lowest BCUT2D eigenvalue weighted by atomic mass is 10.1. The van der Waals surface area contributed by atoms with Crippen molar-refractivity contribution < 1.29 is 9.53 Å². The topological polar surface area (TPSA) is 29.5 Å². The molecular formula is C15H23NO2S.